The molecule has 0 aliphatic heterocycles. The molecule has 1 N–H and O–H groups in total. The summed E-state index contributed by atoms with van der Waals surface area (Å²) in [7, 11) is 0. The van der Waals surface area contributed by atoms with Crippen molar-refractivity contribution < 1.29 is 23.9 Å². The van der Waals surface area contributed by atoms with Gasteiger partial charge in [-0.1, -0.05) is 61.5 Å². The molecule has 2 rings (SSSR count). The second-order valence-corrected chi connectivity index (χ2v) is 11.3. The largest absolute Gasteiger partial charge is 0.460 e. The Labute approximate surface area is 215 Å². The number of nitrogens with one attached hydrogen (secondary N) is 1. The lowest BCUT2D eigenvalue weighted by atomic mass is 9.88. The van der Waals surface area contributed by atoms with Crippen molar-refractivity contribution in [3.63, 3.8) is 0 Å². The van der Waals surface area contributed by atoms with Crippen molar-refractivity contribution in [1.82, 2.24) is 5.32 Å². The number of rotatable bonds is 10. The highest BCUT2D eigenvalue weighted by Gasteiger charge is 2.28. The molecule has 0 radical (unpaired) electrons. The first-order valence-corrected chi connectivity index (χ1v) is 12.6. The second-order valence-electron chi connectivity index (χ2n) is 11.3. The lowest BCUT2D eigenvalue weighted by Gasteiger charge is -2.25. The first-order valence-electron chi connectivity index (χ1n) is 12.6. The molecule has 0 unspecified atom stereocenters. The van der Waals surface area contributed by atoms with E-state index in [9.17, 15) is 14.4 Å². The van der Waals surface area contributed by atoms with Crippen LogP contribution >= 0.6 is 0 Å². The molecule has 0 saturated carbocycles. The summed E-state index contributed by atoms with van der Waals surface area (Å²) >= 11 is 0. The van der Waals surface area contributed by atoms with Gasteiger partial charge in [-0.25, -0.2) is 0 Å². The molecule has 0 aromatic heterocycles. The third-order valence-electron chi connectivity index (χ3n) is 5.41. The number of hydrogen-bond donors (Lipinski definition) is 1. The number of amides is 1. The van der Waals surface area contributed by atoms with Crippen LogP contribution in [0, 0.1) is 11.8 Å². The zero-order valence-electron chi connectivity index (χ0n) is 22.7. The molecular weight excluding hydrogens is 454 g/mol. The van der Waals surface area contributed by atoms with E-state index in [0.29, 0.717) is 12.8 Å². The van der Waals surface area contributed by atoms with Gasteiger partial charge in [0.1, 0.15) is 11.2 Å². The zero-order valence-corrected chi connectivity index (χ0v) is 22.7. The molecule has 196 valence electrons. The fourth-order valence-electron chi connectivity index (χ4n) is 3.78. The number of ether oxygens (including phenoxy) is 2. The van der Waals surface area contributed by atoms with Crippen LogP contribution < -0.4 is 5.32 Å². The highest BCUT2D eigenvalue weighted by molar-refractivity contribution is 5.81. The maximum atomic E-state index is 13.1. The molecule has 0 aliphatic carbocycles. The summed E-state index contributed by atoms with van der Waals surface area (Å²) in [4.78, 5) is 37.7. The fourth-order valence-corrected chi connectivity index (χ4v) is 3.78. The van der Waals surface area contributed by atoms with Crippen molar-refractivity contribution in [2.75, 3.05) is 6.54 Å². The third-order valence-corrected chi connectivity index (χ3v) is 5.41. The quantitative estimate of drug-likeness (QED) is 0.426. The summed E-state index contributed by atoms with van der Waals surface area (Å²) in [6.45, 7) is 12.9. The number of carbonyl (C=O) groups is 3. The average Bonchev–Trinajstić information content (AvgIpc) is 2.77. The van der Waals surface area contributed by atoms with Crippen LogP contribution in [-0.4, -0.2) is 35.6 Å². The molecule has 0 fully saturated rings. The van der Waals surface area contributed by atoms with Gasteiger partial charge in [-0.15, -0.1) is 0 Å². The summed E-state index contributed by atoms with van der Waals surface area (Å²) in [6.07, 6.45) is 0.900. The molecule has 2 aromatic rings. The summed E-state index contributed by atoms with van der Waals surface area (Å²) in [5.41, 5.74) is 2.06. The van der Waals surface area contributed by atoms with E-state index >= 15 is 0 Å². The lowest BCUT2D eigenvalue weighted by Crippen LogP contribution is -2.36. The summed E-state index contributed by atoms with van der Waals surface area (Å²) in [5, 5.41) is 2.86. The van der Waals surface area contributed by atoms with Gasteiger partial charge in [0.2, 0.25) is 5.91 Å². The molecule has 6 heteroatoms. The van der Waals surface area contributed by atoms with E-state index in [4.69, 9.17) is 9.47 Å². The van der Waals surface area contributed by atoms with Crippen molar-refractivity contribution >= 4 is 17.8 Å². The Morgan fingerprint density at radius 1 is 0.806 bits per heavy atom. The Balaban J connectivity index is 2.09. The standard InChI is InChI=1S/C30H41NO5/c1-21(28(34)36-30(5,6)7)19-25(27(33)31-18-17-26(32)35-29(2,3)4)20-22-13-15-24(16-14-22)23-11-9-8-10-12-23/h8-16,21,25H,17-20H2,1-7H3,(H,31,33)/t21-,25+/m1/s1. The number of hydrogen-bond acceptors (Lipinski definition) is 5. The van der Waals surface area contributed by atoms with Crippen molar-refractivity contribution in [1.29, 1.82) is 0 Å². The molecule has 2 atom stereocenters. The highest BCUT2D eigenvalue weighted by Crippen LogP contribution is 2.24. The van der Waals surface area contributed by atoms with Gasteiger partial charge in [0.25, 0.3) is 0 Å². The topological polar surface area (TPSA) is 81.7 Å². The molecule has 0 bridgehead atoms. The van der Waals surface area contributed by atoms with Gasteiger partial charge in [-0.2, -0.15) is 0 Å². The average molecular weight is 496 g/mol. The van der Waals surface area contributed by atoms with Gasteiger partial charge < -0.3 is 14.8 Å². The van der Waals surface area contributed by atoms with Crippen molar-refractivity contribution in [2.24, 2.45) is 11.8 Å². The van der Waals surface area contributed by atoms with Gasteiger partial charge >= 0.3 is 11.9 Å². The van der Waals surface area contributed by atoms with Crippen LogP contribution in [0.5, 0.6) is 0 Å². The molecule has 0 heterocycles. The molecule has 0 aliphatic rings. The summed E-state index contributed by atoms with van der Waals surface area (Å²) in [6, 6.07) is 18.2. The van der Waals surface area contributed by atoms with Crippen LogP contribution in [0.3, 0.4) is 0 Å². The first kappa shape index (κ1) is 29.1. The van der Waals surface area contributed by atoms with Crippen LogP contribution in [-0.2, 0) is 30.3 Å². The van der Waals surface area contributed by atoms with Crippen LogP contribution in [0.4, 0.5) is 0 Å². The Bertz CT molecular complexity index is 1000. The Hall–Kier alpha value is -3.15. The number of carbonyl (C=O) groups excluding carboxylic acids is 3. The fraction of sp³-hybridized carbons (Fsp3) is 0.500. The lowest BCUT2D eigenvalue weighted by molar-refractivity contribution is -0.160. The van der Waals surface area contributed by atoms with E-state index < -0.39 is 23.0 Å². The SMILES string of the molecule is C[C@H](C[C@@H](Cc1ccc(-c2ccccc2)cc1)C(=O)NCCC(=O)OC(C)(C)C)C(=O)OC(C)(C)C. The van der Waals surface area contributed by atoms with Gasteiger partial charge in [-0.05, 0) is 71.1 Å². The maximum Gasteiger partial charge on any atom is 0.309 e. The molecule has 0 saturated heterocycles. The molecule has 2 aromatic carbocycles. The van der Waals surface area contributed by atoms with Crippen LogP contribution in [0.1, 0.15) is 66.9 Å². The van der Waals surface area contributed by atoms with Gasteiger partial charge in [0, 0.05) is 12.5 Å². The van der Waals surface area contributed by atoms with Crippen LogP contribution in [0.2, 0.25) is 0 Å². The van der Waals surface area contributed by atoms with E-state index in [-0.39, 0.29) is 30.8 Å². The predicted molar refractivity (Wildman–Crippen MR) is 142 cm³/mol. The molecule has 6 nitrogen and oxygen atoms in total. The van der Waals surface area contributed by atoms with Gasteiger partial charge in [-0.3, -0.25) is 14.4 Å². The smallest absolute Gasteiger partial charge is 0.309 e. The Morgan fingerprint density at radius 3 is 1.92 bits per heavy atom. The number of esters is 2. The Kier molecular flexibility index (Phi) is 10.3. The normalized spacial score (nSPS) is 13.4. The minimum atomic E-state index is -0.593. The van der Waals surface area contributed by atoms with E-state index in [2.05, 4.69) is 17.4 Å². The zero-order chi connectivity index (χ0) is 26.9. The molecule has 1 amide bonds. The summed E-state index contributed by atoms with van der Waals surface area (Å²) in [5.74, 6) is -1.78. The molecule has 0 spiro atoms. The van der Waals surface area contributed by atoms with Crippen LogP contribution in [0.15, 0.2) is 54.6 Å². The van der Waals surface area contributed by atoms with Gasteiger partial charge in [0.05, 0.1) is 12.3 Å². The first-order chi connectivity index (χ1) is 16.7. The van der Waals surface area contributed by atoms with E-state index in [1.165, 1.54) is 0 Å². The van der Waals surface area contributed by atoms with Crippen molar-refractivity contribution in [2.45, 2.75) is 78.9 Å². The minimum absolute atomic E-state index is 0.0864. The monoisotopic (exact) mass is 495 g/mol. The predicted octanol–water partition coefficient (Wildman–Crippen LogP) is 5.73. The van der Waals surface area contributed by atoms with E-state index in [1.807, 2.05) is 63.2 Å². The Morgan fingerprint density at radius 2 is 1.36 bits per heavy atom. The summed E-state index contributed by atoms with van der Waals surface area (Å²) < 4.78 is 10.8. The minimum Gasteiger partial charge on any atom is -0.460 e. The van der Waals surface area contributed by atoms with E-state index in [1.54, 1.807) is 27.7 Å². The number of benzene rings is 2. The molecule has 36 heavy (non-hydrogen) atoms. The highest BCUT2D eigenvalue weighted by atomic mass is 16.6. The van der Waals surface area contributed by atoms with Gasteiger partial charge in [0.15, 0.2) is 0 Å². The van der Waals surface area contributed by atoms with Crippen LogP contribution in [0.25, 0.3) is 11.1 Å². The third kappa shape index (κ3) is 10.6. The second kappa shape index (κ2) is 12.7. The van der Waals surface area contributed by atoms with Crippen molar-refractivity contribution in [3.05, 3.63) is 60.2 Å². The molecular formula is C30H41NO5. The van der Waals surface area contributed by atoms with E-state index in [0.717, 1.165) is 16.7 Å². The maximum absolute atomic E-state index is 13.1. The van der Waals surface area contributed by atoms with Crippen molar-refractivity contribution in [3.8, 4) is 11.1 Å².